The van der Waals surface area contributed by atoms with Crippen LogP contribution in [0.4, 0.5) is 4.79 Å². The Bertz CT molecular complexity index is 515. The molecule has 30 heavy (non-hydrogen) atoms. The van der Waals surface area contributed by atoms with Crippen LogP contribution < -0.4 is 16.0 Å². The molecular formula is C21H44IN5O3. The van der Waals surface area contributed by atoms with E-state index in [9.17, 15) is 4.79 Å². The average Bonchev–Trinajstić information content (AvgIpc) is 2.68. The van der Waals surface area contributed by atoms with E-state index in [2.05, 4.69) is 48.5 Å². The minimum absolute atomic E-state index is 0. The quantitative estimate of drug-likeness (QED) is 0.237. The predicted molar refractivity (Wildman–Crippen MR) is 134 cm³/mol. The second-order valence-electron chi connectivity index (χ2n) is 8.69. The van der Waals surface area contributed by atoms with Gasteiger partial charge in [0.05, 0.1) is 25.3 Å². The highest BCUT2D eigenvalue weighted by molar-refractivity contribution is 14.0. The van der Waals surface area contributed by atoms with Crippen molar-refractivity contribution in [3.8, 4) is 0 Å². The number of hydrogen-bond donors (Lipinski definition) is 3. The van der Waals surface area contributed by atoms with Crippen LogP contribution in [0.15, 0.2) is 4.99 Å². The molecule has 0 aromatic carbocycles. The largest absolute Gasteiger partial charge is 0.444 e. The molecule has 1 saturated heterocycles. The molecule has 1 unspecified atom stereocenters. The highest BCUT2D eigenvalue weighted by Crippen LogP contribution is 2.17. The third-order valence-corrected chi connectivity index (χ3v) is 5.24. The highest BCUT2D eigenvalue weighted by atomic mass is 127. The Labute approximate surface area is 200 Å². The lowest BCUT2D eigenvalue weighted by Crippen LogP contribution is -2.53. The summed E-state index contributed by atoms with van der Waals surface area (Å²) in [6, 6.07) is 0.393. The number of rotatable bonds is 9. The number of carbonyl (C=O) groups excluding carboxylic acids is 1. The Hall–Kier alpha value is -0.810. The van der Waals surface area contributed by atoms with Crippen LogP contribution >= 0.6 is 24.0 Å². The van der Waals surface area contributed by atoms with Crippen LogP contribution in [-0.2, 0) is 9.47 Å². The zero-order valence-corrected chi connectivity index (χ0v) is 22.3. The van der Waals surface area contributed by atoms with Crippen LogP contribution in [0.5, 0.6) is 0 Å². The predicted octanol–water partition coefficient (Wildman–Crippen LogP) is 2.96. The summed E-state index contributed by atoms with van der Waals surface area (Å²) < 4.78 is 10.9. The van der Waals surface area contributed by atoms with Crippen LogP contribution in [0, 0.1) is 0 Å². The number of ether oxygens (including phenoxy) is 2. The lowest BCUT2D eigenvalue weighted by Gasteiger charge is -2.33. The molecule has 0 saturated carbocycles. The molecule has 1 atom stereocenters. The SMILES string of the molecule is CCNC(=NCC(CC)(CC)NC(=O)OC(C)(C)C)NCC(C)N1CCOCC1.I. The number of nitrogens with one attached hydrogen (secondary N) is 3. The molecule has 1 aliphatic heterocycles. The highest BCUT2D eigenvalue weighted by Gasteiger charge is 2.30. The number of alkyl carbamates (subject to hydrolysis) is 1. The Morgan fingerprint density at radius 1 is 1.13 bits per heavy atom. The van der Waals surface area contributed by atoms with E-state index in [0.29, 0.717) is 12.6 Å². The lowest BCUT2D eigenvalue weighted by atomic mass is 9.93. The van der Waals surface area contributed by atoms with Crippen LogP contribution in [0.25, 0.3) is 0 Å². The summed E-state index contributed by atoms with van der Waals surface area (Å²) in [4.78, 5) is 19.5. The van der Waals surface area contributed by atoms with E-state index >= 15 is 0 Å². The van der Waals surface area contributed by atoms with E-state index in [0.717, 1.165) is 58.2 Å². The molecule has 0 aromatic heterocycles. The maximum absolute atomic E-state index is 12.3. The lowest BCUT2D eigenvalue weighted by molar-refractivity contribution is 0.0211. The van der Waals surface area contributed by atoms with E-state index in [-0.39, 0.29) is 24.0 Å². The number of guanidine groups is 1. The van der Waals surface area contributed by atoms with E-state index in [1.807, 2.05) is 20.8 Å². The molecule has 1 heterocycles. The number of aliphatic imine (C=N–C) groups is 1. The molecule has 0 aliphatic carbocycles. The maximum Gasteiger partial charge on any atom is 0.408 e. The van der Waals surface area contributed by atoms with Gasteiger partial charge in [-0.15, -0.1) is 24.0 Å². The van der Waals surface area contributed by atoms with Gasteiger partial charge in [-0.05, 0) is 47.5 Å². The van der Waals surface area contributed by atoms with Gasteiger partial charge in [-0.25, -0.2) is 4.79 Å². The van der Waals surface area contributed by atoms with E-state index < -0.39 is 17.2 Å². The molecule has 0 radical (unpaired) electrons. The van der Waals surface area contributed by atoms with Crippen molar-refractivity contribution in [2.45, 2.75) is 78.5 Å². The molecule has 1 amide bonds. The Morgan fingerprint density at radius 3 is 2.23 bits per heavy atom. The summed E-state index contributed by atoms with van der Waals surface area (Å²) in [5.74, 6) is 0.768. The van der Waals surface area contributed by atoms with Gasteiger partial charge in [0, 0.05) is 32.2 Å². The molecular weight excluding hydrogens is 497 g/mol. The van der Waals surface area contributed by atoms with Gasteiger partial charge >= 0.3 is 6.09 Å². The topological polar surface area (TPSA) is 87.2 Å². The van der Waals surface area contributed by atoms with Gasteiger partial charge in [-0.1, -0.05) is 13.8 Å². The molecule has 1 rings (SSSR count). The summed E-state index contributed by atoms with van der Waals surface area (Å²) >= 11 is 0. The zero-order chi connectivity index (χ0) is 21.9. The molecule has 0 bridgehead atoms. The fourth-order valence-corrected chi connectivity index (χ4v) is 3.17. The molecule has 0 aromatic rings. The van der Waals surface area contributed by atoms with Crippen molar-refractivity contribution in [3.63, 3.8) is 0 Å². The van der Waals surface area contributed by atoms with Crippen molar-refractivity contribution in [2.24, 2.45) is 4.99 Å². The van der Waals surface area contributed by atoms with Gasteiger partial charge in [-0.2, -0.15) is 0 Å². The number of nitrogens with zero attached hydrogens (tertiary/aromatic N) is 2. The summed E-state index contributed by atoms with van der Waals surface area (Å²) in [6.45, 7) is 19.6. The van der Waals surface area contributed by atoms with E-state index in [1.165, 1.54) is 0 Å². The Kier molecular flexibility index (Phi) is 13.9. The molecule has 3 N–H and O–H groups in total. The zero-order valence-electron chi connectivity index (χ0n) is 20.0. The van der Waals surface area contributed by atoms with Gasteiger partial charge in [-0.3, -0.25) is 9.89 Å². The number of morpholine rings is 1. The first-order chi connectivity index (χ1) is 13.6. The molecule has 1 aliphatic rings. The van der Waals surface area contributed by atoms with Gasteiger partial charge in [0.25, 0.3) is 0 Å². The normalized spacial score (nSPS) is 17.0. The number of carbonyl (C=O) groups is 1. The van der Waals surface area contributed by atoms with Crippen molar-refractivity contribution in [3.05, 3.63) is 0 Å². The molecule has 8 nitrogen and oxygen atoms in total. The molecule has 1 fully saturated rings. The Balaban J connectivity index is 0.00000841. The van der Waals surface area contributed by atoms with Crippen molar-refractivity contribution >= 4 is 36.0 Å². The monoisotopic (exact) mass is 541 g/mol. The first-order valence-electron chi connectivity index (χ1n) is 11.0. The third-order valence-electron chi connectivity index (χ3n) is 5.24. The number of halogens is 1. The van der Waals surface area contributed by atoms with E-state index in [1.54, 1.807) is 0 Å². The minimum Gasteiger partial charge on any atom is -0.444 e. The first kappa shape index (κ1) is 29.2. The van der Waals surface area contributed by atoms with Crippen molar-refractivity contribution < 1.29 is 14.3 Å². The van der Waals surface area contributed by atoms with Crippen molar-refractivity contribution in [2.75, 3.05) is 45.9 Å². The van der Waals surface area contributed by atoms with Gasteiger partial charge < -0.3 is 25.4 Å². The van der Waals surface area contributed by atoms with Gasteiger partial charge in [0.1, 0.15) is 5.60 Å². The second-order valence-corrected chi connectivity index (χ2v) is 8.69. The Morgan fingerprint density at radius 2 is 1.73 bits per heavy atom. The number of amides is 1. The van der Waals surface area contributed by atoms with Crippen LogP contribution in [0.3, 0.4) is 0 Å². The number of hydrogen-bond acceptors (Lipinski definition) is 5. The summed E-state index contributed by atoms with van der Waals surface area (Å²) in [7, 11) is 0. The van der Waals surface area contributed by atoms with Crippen LogP contribution in [-0.4, -0.2) is 80.1 Å². The van der Waals surface area contributed by atoms with Crippen LogP contribution in [0.1, 0.15) is 61.3 Å². The molecule has 178 valence electrons. The van der Waals surface area contributed by atoms with E-state index in [4.69, 9.17) is 14.5 Å². The van der Waals surface area contributed by atoms with Crippen molar-refractivity contribution in [1.82, 2.24) is 20.9 Å². The summed E-state index contributed by atoms with van der Waals surface area (Å²) in [5.41, 5.74) is -0.951. The average molecular weight is 542 g/mol. The molecule has 9 heteroatoms. The first-order valence-corrected chi connectivity index (χ1v) is 11.0. The smallest absolute Gasteiger partial charge is 0.408 e. The van der Waals surface area contributed by atoms with Gasteiger partial charge in [0.15, 0.2) is 5.96 Å². The van der Waals surface area contributed by atoms with Gasteiger partial charge in [0.2, 0.25) is 0 Å². The molecule has 0 spiro atoms. The maximum atomic E-state index is 12.3. The summed E-state index contributed by atoms with van der Waals surface area (Å²) in [6.07, 6.45) is 1.15. The fraction of sp³-hybridized carbons (Fsp3) is 0.905. The minimum atomic E-state index is -0.521. The second kappa shape index (κ2) is 14.3. The fourth-order valence-electron chi connectivity index (χ4n) is 3.17. The third kappa shape index (κ3) is 11.0. The summed E-state index contributed by atoms with van der Waals surface area (Å²) in [5, 5.41) is 9.80. The standard InChI is InChI=1S/C21H43N5O3.HI/c1-8-21(9-2,25-19(27)29-20(5,6)7)16-24-18(22-10-3)23-15-17(4)26-11-13-28-14-12-26;/h17H,8-16H2,1-7H3,(H,25,27)(H2,22,23,24);1H. The van der Waals surface area contributed by atoms with Crippen molar-refractivity contribution in [1.29, 1.82) is 0 Å². The van der Waals surface area contributed by atoms with Crippen LogP contribution in [0.2, 0.25) is 0 Å².